The van der Waals surface area contributed by atoms with Crippen molar-refractivity contribution >= 4 is 0 Å². The summed E-state index contributed by atoms with van der Waals surface area (Å²) < 4.78 is 10.6. The van der Waals surface area contributed by atoms with E-state index in [0.717, 1.165) is 36.1 Å². The van der Waals surface area contributed by atoms with Crippen LogP contribution < -0.4 is 4.74 Å². The fourth-order valence-corrected chi connectivity index (χ4v) is 2.12. The van der Waals surface area contributed by atoms with E-state index < -0.39 is 6.10 Å². The first kappa shape index (κ1) is 13.1. The number of hydrogen-bond acceptors (Lipinski definition) is 3. The monoisotopic (exact) mass is 248 g/mol. The third-order valence-corrected chi connectivity index (χ3v) is 3.21. The number of rotatable bonds is 6. The van der Waals surface area contributed by atoms with E-state index in [-0.39, 0.29) is 0 Å². The minimum Gasteiger partial charge on any atom is -0.497 e. The Morgan fingerprint density at radius 3 is 2.67 bits per heavy atom. The summed E-state index contributed by atoms with van der Waals surface area (Å²) in [6.07, 6.45) is 4.94. The molecular weight excluding hydrogens is 228 g/mol. The maximum absolute atomic E-state index is 9.90. The topological polar surface area (TPSA) is 38.7 Å². The lowest BCUT2D eigenvalue weighted by Crippen LogP contribution is -2.17. The van der Waals surface area contributed by atoms with Crippen molar-refractivity contribution in [1.82, 2.24) is 0 Å². The first-order chi connectivity index (χ1) is 8.79. The highest BCUT2D eigenvalue weighted by molar-refractivity contribution is 5.26. The van der Waals surface area contributed by atoms with Crippen LogP contribution in [0.3, 0.4) is 0 Å². The van der Waals surface area contributed by atoms with E-state index in [9.17, 15) is 5.11 Å². The molecule has 0 unspecified atom stereocenters. The Balaban J connectivity index is 1.74. The highest BCUT2D eigenvalue weighted by Gasteiger charge is 2.14. The molecule has 1 aliphatic rings. The third kappa shape index (κ3) is 3.59. The highest BCUT2D eigenvalue weighted by atomic mass is 16.5. The van der Waals surface area contributed by atoms with Crippen molar-refractivity contribution in [3.8, 4) is 5.75 Å². The Bertz CT molecular complexity index is 395. The van der Waals surface area contributed by atoms with Gasteiger partial charge in [-0.25, -0.2) is 0 Å². The maximum Gasteiger partial charge on any atom is 0.118 e. The minimum atomic E-state index is -0.439. The molecule has 0 saturated carbocycles. The molecule has 0 spiro atoms. The summed E-state index contributed by atoms with van der Waals surface area (Å²) in [5.41, 5.74) is 2.22. The molecule has 1 N–H and O–H groups in total. The number of allylic oxidation sites excluding steroid dienone is 1. The van der Waals surface area contributed by atoms with Crippen LogP contribution in [0.5, 0.6) is 5.75 Å². The molecule has 0 aliphatic heterocycles. The maximum atomic E-state index is 9.90. The second kappa shape index (κ2) is 6.57. The zero-order valence-electron chi connectivity index (χ0n) is 10.8. The van der Waals surface area contributed by atoms with E-state index in [1.807, 2.05) is 24.3 Å². The lowest BCUT2D eigenvalue weighted by molar-refractivity contribution is 0.0444. The first-order valence-corrected chi connectivity index (χ1v) is 6.37. The lowest BCUT2D eigenvalue weighted by atomic mass is 10.1. The average Bonchev–Trinajstić information content (AvgIpc) is 2.93. The standard InChI is InChI=1S/C15H20O3/c1-17-14-8-6-12(7-9-14)10-18-11-15(16)13-4-2-3-5-13/h4,6-9,15-16H,2-3,5,10-11H2,1H3/t15-/m1/s1. The van der Waals surface area contributed by atoms with Gasteiger partial charge in [-0.3, -0.25) is 0 Å². The van der Waals surface area contributed by atoms with Crippen molar-refractivity contribution in [3.05, 3.63) is 41.5 Å². The van der Waals surface area contributed by atoms with Gasteiger partial charge < -0.3 is 14.6 Å². The summed E-state index contributed by atoms with van der Waals surface area (Å²) >= 11 is 0. The zero-order chi connectivity index (χ0) is 12.8. The minimum absolute atomic E-state index is 0.373. The molecule has 0 bridgehead atoms. The number of methoxy groups -OCH3 is 1. The van der Waals surface area contributed by atoms with Crippen LogP contribution in [0.4, 0.5) is 0 Å². The molecule has 1 aromatic carbocycles. The van der Waals surface area contributed by atoms with E-state index >= 15 is 0 Å². The molecule has 0 radical (unpaired) electrons. The van der Waals surface area contributed by atoms with Crippen molar-refractivity contribution in [3.63, 3.8) is 0 Å². The first-order valence-electron chi connectivity index (χ1n) is 6.37. The third-order valence-electron chi connectivity index (χ3n) is 3.21. The predicted molar refractivity (Wildman–Crippen MR) is 70.6 cm³/mol. The van der Waals surface area contributed by atoms with Gasteiger partial charge in [0.1, 0.15) is 5.75 Å². The van der Waals surface area contributed by atoms with Gasteiger partial charge in [-0.15, -0.1) is 0 Å². The molecule has 0 amide bonds. The summed E-state index contributed by atoms with van der Waals surface area (Å²) in [6.45, 7) is 0.895. The predicted octanol–water partition coefficient (Wildman–Crippen LogP) is 2.68. The molecule has 0 aromatic heterocycles. The Morgan fingerprint density at radius 1 is 1.28 bits per heavy atom. The second-order valence-electron chi connectivity index (χ2n) is 4.55. The highest BCUT2D eigenvalue weighted by Crippen LogP contribution is 2.21. The van der Waals surface area contributed by atoms with Crippen LogP contribution in [0.2, 0.25) is 0 Å². The van der Waals surface area contributed by atoms with Gasteiger partial charge in [-0.2, -0.15) is 0 Å². The number of aliphatic hydroxyl groups excluding tert-OH is 1. The van der Waals surface area contributed by atoms with Gasteiger partial charge in [0, 0.05) is 0 Å². The molecular formula is C15H20O3. The summed E-state index contributed by atoms with van der Waals surface area (Å²) in [5, 5.41) is 9.90. The van der Waals surface area contributed by atoms with Gasteiger partial charge in [0.25, 0.3) is 0 Å². The number of hydrogen-bond donors (Lipinski definition) is 1. The molecule has 18 heavy (non-hydrogen) atoms. The molecule has 1 aromatic rings. The largest absolute Gasteiger partial charge is 0.497 e. The molecule has 2 rings (SSSR count). The van der Waals surface area contributed by atoms with Crippen molar-refractivity contribution < 1.29 is 14.6 Å². The molecule has 1 aliphatic carbocycles. The molecule has 98 valence electrons. The van der Waals surface area contributed by atoms with Crippen molar-refractivity contribution in [1.29, 1.82) is 0 Å². The fraction of sp³-hybridized carbons (Fsp3) is 0.467. The Labute approximate surface area is 108 Å². The quantitative estimate of drug-likeness (QED) is 0.787. The van der Waals surface area contributed by atoms with Crippen LogP contribution in [-0.2, 0) is 11.3 Å². The van der Waals surface area contributed by atoms with Gasteiger partial charge >= 0.3 is 0 Å². The van der Waals surface area contributed by atoms with Gasteiger partial charge in [0.05, 0.1) is 26.4 Å². The smallest absolute Gasteiger partial charge is 0.118 e. The molecule has 1 atom stereocenters. The lowest BCUT2D eigenvalue weighted by Gasteiger charge is -2.12. The molecule has 0 fully saturated rings. The second-order valence-corrected chi connectivity index (χ2v) is 4.55. The fourth-order valence-electron chi connectivity index (χ4n) is 2.12. The SMILES string of the molecule is COc1ccc(COC[C@@H](O)C2=CCCC2)cc1. The molecule has 3 nitrogen and oxygen atoms in total. The van der Waals surface area contributed by atoms with Crippen LogP contribution in [0.1, 0.15) is 24.8 Å². The summed E-state index contributed by atoms with van der Waals surface area (Å²) in [4.78, 5) is 0. The van der Waals surface area contributed by atoms with E-state index in [1.165, 1.54) is 0 Å². The normalized spacial score (nSPS) is 16.4. The van der Waals surface area contributed by atoms with E-state index in [0.29, 0.717) is 13.2 Å². The van der Waals surface area contributed by atoms with Crippen molar-refractivity contribution in [2.24, 2.45) is 0 Å². The number of benzene rings is 1. The zero-order valence-corrected chi connectivity index (χ0v) is 10.8. The van der Waals surface area contributed by atoms with Crippen LogP contribution in [-0.4, -0.2) is 24.9 Å². The Hall–Kier alpha value is -1.32. The van der Waals surface area contributed by atoms with Crippen LogP contribution in [0.25, 0.3) is 0 Å². The molecule has 0 heterocycles. The summed E-state index contributed by atoms with van der Waals surface area (Å²) in [7, 11) is 1.65. The molecule has 0 saturated heterocycles. The van der Waals surface area contributed by atoms with Crippen LogP contribution in [0, 0.1) is 0 Å². The van der Waals surface area contributed by atoms with Crippen LogP contribution in [0.15, 0.2) is 35.9 Å². The summed E-state index contributed by atoms with van der Waals surface area (Å²) in [6, 6.07) is 7.77. The van der Waals surface area contributed by atoms with Crippen molar-refractivity contribution in [2.75, 3.05) is 13.7 Å². The van der Waals surface area contributed by atoms with Crippen molar-refractivity contribution in [2.45, 2.75) is 32.0 Å². The Morgan fingerprint density at radius 2 is 2.06 bits per heavy atom. The average molecular weight is 248 g/mol. The number of ether oxygens (including phenoxy) is 2. The van der Waals surface area contributed by atoms with E-state index in [4.69, 9.17) is 9.47 Å². The van der Waals surface area contributed by atoms with E-state index in [1.54, 1.807) is 7.11 Å². The van der Waals surface area contributed by atoms with Gasteiger partial charge in [0.15, 0.2) is 0 Å². The Kier molecular flexibility index (Phi) is 4.79. The molecule has 3 heteroatoms. The summed E-state index contributed by atoms with van der Waals surface area (Å²) in [5.74, 6) is 0.842. The number of aliphatic hydroxyl groups is 1. The van der Waals surface area contributed by atoms with Gasteiger partial charge in [0.2, 0.25) is 0 Å². The van der Waals surface area contributed by atoms with Gasteiger partial charge in [-0.1, -0.05) is 18.2 Å². The van der Waals surface area contributed by atoms with E-state index in [2.05, 4.69) is 6.08 Å². The van der Waals surface area contributed by atoms with Gasteiger partial charge in [-0.05, 0) is 42.5 Å². The van der Waals surface area contributed by atoms with Crippen LogP contribution >= 0.6 is 0 Å².